The highest BCUT2D eigenvalue weighted by atomic mass is 16.5. The molecule has 8 nitrogen and oxygen atoms in total. The first-order valence-electron chi connectivity index (χ1n) is 10.5. The predicted molar refractivity (Wildman–Crippen MR) is 120 cm³/mol. The molecule has 1 saturated heterocycles. The van der Waals surface area contributed by atoms with Crippen LogP contribution in [0.15, 0.2) is 48.9 Å². The number of hydrogen-bond acceptors (Lipinski definition) is 6. The maximum Gasteiger partial charge on any atom is 0.162 e. The second-order valence-electron chi connectivity index (χ2n) is 7.71. The second-order valence-corrected chi connectivity index (χ2v) is 7.71. The lowest BCUT2D eigenvalue weighted by atomic mass is 10.2. The third-order valence-corrected chi connectivity index (χ3v) is 5.56. The molecule has 3 aromatic heterocycles. The fourth-order valence-corrected chi connectivity index (χ4v) is 3.92. The molecule has 0 radical (unpaired) electrons. The van der Waals surface area contributed by atoms with E-state index < -0.39 is 0 Å². The molecule has 4 heterocycles. The molecule has 0 bridgehead atoms. The molecule has 31 heavy (non-hydrogen) atoms. The summed E-state index contributed by atoms with van der Waals surface area (Å²) in [6, 6.07) is 12.4. The van der Waals surface area contributed by atoms with Gasteiger partial charge in [-0.3, -0.25) is 0 Å². The average Bonchev–Trinajstić information content (AvgIpc) is 3.45. The van der Waals surface area contributed by atoms with E-state index in [1.807, 2.05) is 33.9 Å². The van der Waals surface area contributed by atoms with Gasteiger partial charge in [-0.05, 0) is 36.8 Å². The number of hydrogen-bond donors (Lipinski definition) is 0. The van der Waals surface area contributed by atoms with Gasteiger partial charge < -0.3 is 18.9 Å². The van der Waals surface area contributed by atoms with E-state index in [0.717, 1.165) is 47.0 Å². The molecule has 160 valence electrons. The quantitative estimate of drug-likeness (QED) is 0.479. The lowest BCUT2D eigenvalue weighted by Gasteiger charge is -2.29. The third-order valence-electron chi connectivity index (χ3n) is 5.56. The summed E-state index contributed by atoms with van der Waals surface area (Å²) < 4.78 is 14.8. The number of ether oxygens (including phenoxy) is 2. The zero-order chi connectivity index (χ0) is 21.2. The van der Waals surface area contributed by atoms with E-state index in [9.17, 15) is 0 Å². The van der Waals surface area contributed by atoms with Crippen LogP contribution in [0.2, 0.25) is 0 Å². The van der Waals surface area contributed by atoms with Gasteiger partial charge in [-0.25, -0.2) is 14.6 Å². The fraction of sp³-hybridized carbons (Fsp3) is 0.348. The average molecular weight is 419 g/mol. The Bertz CT molecular complexity index is 1190. The minimum absolute atomic E-state index is 0.603. The van der Waals surface area contributed by atoms with Crippen LogP contribution in [0.1, 0.15) is 5.56 Å². The first kappa shape index (κ1) is 19.7. The summed E-state index contributed by atoms with van der Waals surface area (Å²) in [5.41, 5.74) is 6.72. The Kier molecular flexibility index (Phi) is 5.40. The van der Waals surface area contributed by atoms with Gasteiger partial charge in [-0.1, -0.05) is 12.1 Å². The number of aromatic nitrogens is 5. The van der Waals surface area contributed by atoms with Gasteiger partial charge in [0.1, 0.15) is 11.2 Å². The summed E-state index contributed by atoms with van der Waals surface area (Å²) in [4.78, 5) is 12.0. The van der Waals surface area contributed by atoms with Crippen LogP contribution in [0.3, 0.4) is 0 Å². The van der Waals surface area contributed by atoms with Gasteiger partial charge in [-0.2, -0.15) is 5.10 Å². The number of anilines is 1. The zero-order valence-corrected chi connectivity index (χ0v) is 17.9. The summed E-state index contributed by atoms with van der Waals surface area (Å²) in [6.45, 7) is 6.48. The summed E-state index contributed by atoms with van der Waals surface area (Å²) >= 11 is 0. The Labute approximate surface area is 181 Å². The molecule has 1 fully saturated rings. The largest absolute Gasteiger partial charge is 0.383 e. The van der Waals surface area contributed by atoms with Gasteiger partial charge in [0.05, 0.1) is 43.2 Å². The fourth-order valence-electron chi connectivity index (χ4n) is 3.92. The van der Waals surface area contributed by atoms with Crippen molar-refractivity contribution in [1.82, 2.24) is 24.3 Å². The van der Waals surface area contributed by atoms with E-state index in [-0.39, 0.29) is 0 Å². The van der Waals surface area contributed by atoms with E-state index in [1.165, 1.54) is 5.56 Å². The Hall–Kier alpha value is -3.23. The van der Waals surface area contributed by atoms with Crippen molar-refractivity contribution < 1.29 is 9.47 Å². The van der Waals surface area contributed by atoms with Gasteiger partial charge in [0.15, 0.2) is 5.65 Å². The maximum absolute atomic E-state index is 5.55. The number of pyridine rings is 1. The molecule has 5 rings (SSSR count). The summed E-state index contributed by atoms with van der Waals surface area (Å²) in [5.74, 6) is 0. The number of aryl methyl sites for hydroxylation is 1. The van der Waals surface area contributed by atoms with Crippen molar-refractivity contribution in [2.75, 3.05) is 44.9 Å². The third kappa shape index (κ3) is 3.92. The van der Waals surface area contributed by atoms with E-state index >= 15 is 0 Å². The molecule has 1 aromatic carbocycles. The van der Waals surface area contributed by atoms with Gasteiger partial charge in [0.25, 0.3) is 0 Å². The van der Waals surface area contributed by atoms with E-state index in [4.69, 9.17) is 19.6 Å². The Morgan fingerprint density at radius 2 is 1.97 bits per heavy atom. The van der Waals surface area contributed by atoms with Crippen LogP contribution in [-0.2, 0) is 16.0 Å². The highest BCUT2D eigenvalue weighted by molar-refractivity contribution is 5.89. The van der Waals surface area contributed by atoms with Crippen molar-refractivity contribution in [1.29, 1.82) is 0 Å². The van der Waals surface area contributed by atoms with Crippen molar-refractivity contribution in [3.8, 4) is 17.1 Å². The van der Waals surface area contributed by atoms with Gasteiger partial charge in [0.2, 0.25) is 0 Å². The molecule has 1 aliphatic rings. The molecule has 0 saturated carbocycles. The van der Waals surface area contributed by atoms with Gasteiger partial charge in [-0.15, -0.1) is 0 Å². The number of fused-ring (bicyclic) bond motifs is 1. The molecule has 0 amide bonds. The molecule has 0 unspecified atom stereocenters. The number of methoxy groups -OCH3 is 1. The molecule has 1 aliphatic heterocycles. The Morgan fingerprint density at radius 1 is 1.10 bits per heavy atom. The normalized spacial score (nSPS) is 14.5. The number of morpholine rings is 1. The summed E-state index contributed by atoms with van der Waals surface area (Å²) in [6.07, 6.45) is 3.82. The standard InChI is InChI=1S/C23H26N6O2/c1-17-4-3-5-18(14-17)29-7-6-19(26-29)20-15-21(27-9-12-31-13-10-27)22-23(25-20)28(16-24-22)8-11-30-2/h3-7,14-16H,8-13H2,1-2H3. The van der Waals surface area contributed by atoms with Gasteiger partial charge >= 0.3 is 0 Å². The van der Waals surface area contributed by atoms with Crippen LogP contribution in [-0.4, -0.2) is 64.3 Å². The molecule has 4 aromatic rings. The van der Waals surface area contributed by atoms with Crippen LogP contribution in [0.25, 0.3) is 28.2 Å². The van der Waals surface area contributed by atoms with Crippen molar-refractivity contribution in [3.63, 3.8) is 0 Å². The Morgan fingerprint density at radius 3 is 2.77 bits per heavy atom. The minimum Gasteiger partial charge on any atom is -0.383 e. The van der Waals surface area contributed by atoms with Crippen LogP contribution in [0.4, 0.5) is 5.69 Å². The smallest absolute Gasteiger partial charge is 0.162 e. The van der Waals surface area contributed by atoms with Crippen LogP contribution in [0, 0.1) is 6.92 Å². The van der Waals surface area contributed by atoms with Gasteiger partial charge in [0, 0.05) is 32.9 Å². The molecule has 0 atom stereocenters. The predicted octanol–water partition coefficient (Wildman–Crippen LogP) is 3.08. The Balaban J connectivity index is 1.59. The molecule has 0 aliphatic carbocycles. The minimum atomic E-state index is 0.603. The van der Waals surface area contributed by atoms with Crippen molar-refractivity contribution in [2.45, 2.75) is 13.5 Å². The number of imidazole rings is 1. The highest BCUT2D eigenvalue weighted by Crippen LogP contribution is 2.30. The molecular weight excluding hydrogens is 392 g/mol. The van der Waals surface area contributed by atoms with Crippen LogP contribution >= 0.6 is 0 Å². The topological polar surface area (TPSA) is 70.2 Å². The van der Waals surface area contributed by atoms with E-state index in [0.29, 0.717) is 26.4 Å². The molecule has 0 N–H and O–H groups in total. The van der Waals surface area contributed by atoms with Crippen LogP contribution < -0.4 is 4.90 Å². The lowest BCUT2D eigenvalue weighted by Crippen LogP contribution is -2.36. The number of benzene rings is 1. The van der Waals surface area contributed by atoms with Crippen molar-refractivity contribution in [3.05, 3.63) is 54.5 Å². The summed E-state index contributed by atoms with van der Waals surface area (Å²) in [5, 5.41) is 4.82. The number of rotatable bonds is 6. The first-order valence-corrected chi connectivity index (χ1v) is 10.5. The monoisotopic (exact) mass is 418 g/mol. The maximum atomic E-state index is 5.55. The van der Waals surface area contributed by atoms with Crippen molar-refractivity contribution in [2.24, 2.45) is 0 Å². The van der Waals surface area contributed by atoms with E-state index in [1.54, 1.807) is 7.11 Å². The zero-order valence-electron chi connectivity index (χ0n) is 17.9. The first-order chi connectivity index (χ1) is 15.2. The second kappa shape index (κ2) is 8.49. The summed E-state index contributed by atoms with van der Waals surface area (Å²) in [7, 11) is 1.70. The SMILES string of the molecule is COCCn1cnc2c(N3CCOCC3)cc(-c3ccn(-c4cccc(C)c4)n3)nc21. The van der Waals surface area contributed by atoms with Crippen molar-refractivity contribution >= 4 is 16.9 Å². The van der Waals surface area contributed by atoms with Crippen LogP contribution in [0.5, 0.6) is 0 Å². The molecule has 8 heteroatoms. The highest BCUT2D eigenvalue weighted by Gasteiger charge is 2.20. The molecular formula is C23H26N6O2. The lowest BCUT2D eigenvalue weighted by molar-refractivity contribution is 0.123. The van der Waals surface area contributed by atoms with E-state index in [2.05, 4.69) is 41.1 Å². The number of nitrogens with zero attached hydrogens (tertiary/aromatic N) is 6. The molecule has 0 spiro atoms.